The van der Waals surface area contributed by atoms with Crippen molar-refractivity contribution in [3.8, 4) is 5.75 Å². The molecule has 0 heterocycles. The number of hydrogen-bond acceptors (Lipinski definition) is 3. The number of likely N-dealkylation sites (N-methyl/N-ethyl adjacent to an activating group) is 1. The van der Waals surface area contributed by atoms with Gasteiger partial charge in [0.2, 0.25) is 11.8 Å². The van der Waals surface area contributed by atoms with Crippen molar-refractivity contribution >= 4 is 29.3 Å². The van der Waals surface area contributed by atoms with Gasteiger partial charge in [-0.25, -0.2) is 0 Å². The number of rotatable bonds is 8. The molecule has 0 saturated carbocycles. The summed E-state index contributed by atoms with van der Waals surface area (Å²) in [7, 11) is 1.60. The summed E-state index contributed by atoms with van der Waals surface area (Å²) >= 11 is 0. The van der Waals surface area contributed by atoms with Gasteiger partial charge in [0.05, 0.1) is 13.5 Å². The second kappa shape index (κ2) is 10.8. The van der Waals surface area contributed by atoms with Gasteiger partial charge in [-0.1, -0.05) is 48.5 Å². The maximum atomic E-state index is 12.7. The Labute approximate surface area is 183 Å². The van der Waals surface area contributed by atoms with Crippen molar-refractivity contribution in [1.29, 1.82) is 0 Å². The molecule has 31 heavy (non-hydrogen) atoms. The van der Waals surface area contributed by atoms with Gasteiger partial charge >= 0.3 is 0 Å². The normalized spacial score (nSPS) is 10.6. The summed E-state index contributed by atoms with van der Waals surface area (Å²) in [5.41, 5.74) is 3.27. The summed E-state index contributed by atoms with van der Waals surface area (Å²) in [5, 5.41) is 2.83. The lowest BCUT2D eigenvalue weighted by Crippen LogP contribution is -2.31. The number of amides is 2. The van der Waals surface area contributed by atoms with Crippen LogP contribution in [0, 0.1) is 0 Å². The SMILES string of the molecule is CCN(C(=O)Cc1ccc(NC(=O)/C=C/c2ccccc2OC)cc1)c1ccccc1. The van der Waals surface area contributed by atoms with Gasteiger partial charge in [-0.2, -0.15) is 0 Å². The average Bonchev–Trinajstić information content (AvgIpc) is 2.80. The van der Waals surface area contributed by atoms with Gasteiger partial charge in [-0.05, 0) is 48.9 Å². The third-order valence-corrected chi connectivity index (χ3v) is 4.82. The van der Waals surface area contributed by atoms with Crippen LogP contribution in [0.5, 0.6) is 5.75 Å². The lowest BCUT2D eigenvalue weighted by molar-refractivity contribution is -0.118. The van der Waals surface area contributed by atoms with E-state index in [2.05, 4.69) is 5.32 Å². The van der Waals surface area contributed by atoms with Gasteiger partial charge in [0.1, 0.15) is 5.75 Å². The molecule has 0 unspecified atom stereocenters. The van der Waals surface area contributed by atoms with E-state index in [0.717, 1.165) is 16.8 Å². The molecule has 0 radical (unpaired) electrons. The Morgan fingerprint density at radius 3 is 2.29 bits per heavy atom. The monoisotopic (exact) mass is 414 g/mol. The molecule has 0 fully saturated rings. The molecule has 2 amide bonds. The van der Waals surface area contributed by atoms with E-state index in [1.807, 2.05) is 73.7 Å². The molecule has 3 aromatic carbocycles. The zero-order valence-corrected chi connectivity index (χ0v) is 17.7. The fourth-order valence-electron chi connectivity index (χ4n) is 3.24. The van der Waals surface area contributed by atoms with E-state index >= 15 is 0 Å². The van der Waals surface area contributed by atoms with Crippen LogP contribution in [0.4, 0.5) is 11.4 Å². The minimum Gasteiger partial charge on any atom is -0.496 e. The molecule has 5 heteroatoms. The van der Waals surface area contributed by atoms with Crippen molar-refractivity contribution in [3.05, 3.63) is 96.1 Å². The van der Waals surface area contributed by atoms with Crippen LogP contribution < -0.4 is 15.0 Å². The van der Waals surface area contributed by atoms with E-state index in [1.165, 1.54) is 6.08 Å². The van der Waals surface area contributed by atoms with Crippen LogP contribution in [0.2, 0.25) is 0 Å². The summed E-state index contributed by atoms with van der Waals surface area (Å²) in [6.07, 6.45) is 3.48. The summed E-state index contributed by atoms with van der Waals surface area (Å²) in [5.74, 6) is 0.499. The van der Waals surface area contributed by atoms with Crippen molar-refractivity contribution < 1.29 is 14.3 Å². The van der Waals surface area contributed by atoms with Crippen LogP contribution in [-0.2, 0) is 16.0 Å². The van der Waals surface area contributed by atoms with Crippen LogP contribution in [0.15, 0.2) is 84.9 Å². The van der Waals surface area contributed by atoms with E-state index in [1.54, 1.807) is 30.2 Å². The summed E-state index contributed by atoms with van der Waals surface area (Å²) in [6.45, 7) is 2.57. The Kier molecular flexibility index (Phi) is 7.60. The van der Waals surface area contributed by atoms with E-state index < -0.39 is 0 Å². The molecule has 3 rings (SSSR count). The van der Waals surface area contributed by atoms with Crippen molar-refractivity contribution in [2.24, 2.45) is 0 Å². The number of anilines is 2. The second-order valence-corrected chi connectivity index (χ2v) is 6.91. The predicted octanol–water partition coefficient (Wildman–Crippen LogP) is 4.94. The number of carbonyl (C=O) groups is 2. The lowest BCUT2D eigenvalue weighted by atomic mass is 10.1. The summed E-state index contributed by atoms with van der Waals surface area (Å²) in [6, 6.07) is 24.4. The number of methoxy groups -OCH3 is 1. The van der Waals surface area contributed by atoms with Gasteiger partial charge in [0.25, 0.3) is 0 Å². The molecule has 0 bridgehead atoms. The first-order valence-corrected chi connectivity index (χ1v) is 10.2. The number of hydrogen-bond donors (Lipinski definition) is 1. The van der Waals surface area contributed by atoms with Crippen molar-refractivity contribution in [2.75, 3.05) is 23.9 Å². The first-order chi connectivity index (χ1) is 15.1. The second-order valence-electron chi connectivity index (χ2n) is 6.91. The topological polar surface area (TPSA) is 58.6 Å². The molecule has 0 aliphatic heterocycles. The van der Waals surface area contributed by atoms with Gasteiger partial charge in [-0.3, -0.25) is 9.59 Å². The van der Waals surface area contributed by atoms with Crippen LogP contribution in [0.25, 0.3) is 6.08 Å². The molecule has 0 atom stereocenters. The number of nitrogens with zero attached hydrogens (tertiary/aromatic N) is 1. The molecular formula is C26H26N2O3. The molecule has 0 spiro atoms. The van der Waals surface area contributed by atoms with Gasteiger partial charge in [0.15, 0.2) is 0 Å². The van der Waals surface area contributed by atoms with Gasteiger partial charge < -0.3 is 15.0 Å². The summed E-state index contributed by atoms with van der Waals surface area (Å²) in [4.78, 5) is 26.7. The maximum absolute atomic E-state index is 12.7. The number of benzene rings is 3. The highest BCUT2D eigenvalue weighted by Crippen LogP contribution is 2.19. The smallest absolute Gasteiger partial charge is 0.248 e. The molecule has 0 aliphatic carbocycles. The standard InChI is InChI=1S/C26H26N2O3/c1-3-28(23-10-5-4-6-11-23)26(30)19-20-13-16-22(17-14-20)27-25(29)18-15-21-9-7-8-12-24(21)31-2/h4-18H,3,19H2,1-2H3,(H,27,29)/b18-15+. The Morgan fingerprint density at radius 1 is 0.935 bits per heavy atom. The lowest BCUT2D eigenvalue weighted by Gasteiger charge is -2.21. The molecule has 1 N–H and O–H groups in total. The molecule has 5 nitrogen and oxygen atoms in total. The minimum atomic E-state index is -0.240. The molecule has 3 aromatic rings. The molecule has 0 aliphatic rings. The zero-order chi connectivity index (χ0) is 22.1. The van der Waals surface area contributed by atoms with Crippen LogP contribution in [0.1, 0.15) is 18.1 Å². The quantitative estimate of drug-likeness (QED) is 0.531. The van der Waals surface area contributed by atoms with Crippen LogP contribution in [-0.4, -0.2) is 25.5 Å². The summed E-state index contributed by atoms with van der Waals surface area (Å²) < 4.78 is 5.28. The Bertz CT molecular complexity index is 1040. The highest BCUT2D eigenvalue weighted by molar-refractivity contribution is 6.02. The van der Waals surface area contributed by atoms with E-state index in [9.17, 15) is 9.59 Å². The minimum absolute atomic E-state index is 0.0326. The molecular weight excluding hydrogens is 388 g/mol. The fraction of sp³-hybridized carbons (Fsp3) is 0.154. The first-order valence-electron chi connectivity index (χ1n) is 10.2. The fourth-order valence-corrected chi connectivity index (χ4v) is 3.24. The number of ether oxygens (including phenoxy) is 1. The highest BCUT2D eigenvalue weighted by Gasteiger charge is 2.14. The Hall–Kier alpha value is -3.86. The number of nitrogens with one attached hydrogen (secondary N) is 1. The third kappa shape index (κ3) is 6.06. The highest BCUT2D eigenvalue weighted by atomic mass is 16.5. The van der Waals surface area contributed by atoms with Crippen molar-refractivity contribution in [2.45, 2.75) is 13.3 Å². The van der Waals surface area contributed by atoms with Crippen molar-refractivity contribution in [3.63, 3.8) is 0 Å². The average molecular weight is 415 g/mol. The zero-order valence-electron chi connectivity index (χ0n) is 17.7. The maximum Gasteiger partial charge on any atom is 0.248 e. The third-order valence-electron chi connectivity index (χ3n) is 4.82. The molecule has 0 aromatic heterocycles. The van der Waals surface area contributed by atoms with Crippen LogP contribution in [0.3, 0.4) is 0 Å². The Morgan fingerprint density at radius 2 is 1.61 bits per heavy atom. The van der Waals surface area contributed by atoms with E-state index in [-0.39, 0.29) is 11.8 Å². The molecule has 158 valence electrons. The van der Waals surface area contributed by atoms with E-state index in [4.69, 9.17) is 4.74 Å². The largest absolute Gasteiger partial charge is 0.496 e. The molecule has 0 saturated heterocycles. The number of para-hydroxylation sites is 2. The Balaban J connectivity index is 1.59. The van der Waals surface area contributed by atoms with E-state index in [0.29, 0.717) is 24.4 Å². The predicted molar refractivity (Wildman–Crippen MR) is 125 cm³/mol. The number of carbonyl (C=O) groups excluding carboxylic acids is 2. The van der Waals surface area contributed by atoms with Crippen LogP contribution >= 0.6 is 0 Å². The van der Waals surface area contributed by atoms with Crippen molar-refractivity contribution in [1.82, 2.24) is 0 Å². The van der Waals surface area contributed by atoms with Gasteiger partial charge in [-0.15, -0.1) is 0 Å². The first kappa shape index (κ1) is 21.8. The van der Waals surface area contributed by atoms with Gasteiger partial charge in [0, 0.05) is 29.6 Å².